The Hall–Kier alpha value is -3.44. The fourth-order valence-electron chi connectivity index (χ4n) is 2.23. The van der Waals surface area contributed by atoms with Crippen molar-refractivity contribution in [2.45, 2.75) is 26.1 Å². The maximum absolute atomic E-state index is 12.4. The average molecular weight is 411 g/mol. The standard InChI is InChI=1S/C17H20F3N7O2/c1-10(2)27-9-23-26-15(27)12-5-4-6-13(24-12)25-16(28)11(14(21)29-3)7-22-8-17(18,19)20/h4-7,9-10,21-22H,8H2,1-3H3,(H,24,25,28)/b11-7+,21-14?. The summed E-state index contributed by atoms with van der Waals surface area (Å²) >= 11 is 0. The predicted octanol–water partition coefficient (Wildman–Crippen LogP) is 2.52. The van der Waals surface area contributed by atoms with Crippen molar-refractivity contribution in [3.8, 4) is 11.5 Å². The van der Waals surface area contributed by atoms with Gasteiger partial charge >= 0.3 is 6.18 Å². The Kier molecular flexibility index (Phi) is 6.91. The Bertz CT molecular complexity index is 906. The molecule has 0 bridgehead atoms. The second kappa shape index (κ2) is 9.17. The third-order valence-electron chi connectivity index (χ3n) is 3.59. The lowest BCUT2D eigenvalue weighted by Gasteiger charge is -2.12. The summed E-state index contributed by atoms with van der Waals surface area (Å²) in [5, 5.41) is 19.9. The van der Waals surface area contributed by atoms with Crippen molar-refractivity contribution in [2.75, 3.05) is 19.0 Å². The Labute approximate surface area is 164 Å². The second-order valence-electron chi connectivity index (χ2n) is 6.11. The minimum Gasteiger partial charge on any atom is -0.481 e. The SMILES string of the molecule is COC(=N)/C(=C\NCC(F)(F)F)C(=O)Nc1cccc(-c2nncn2C(C)C)n1. The summed E-state index contributed by atoms with van der Waals surface area (Å²) in [4.78, 5) is 16.7. The van der Waals surface area contributed by atoms with E-state index in [4.69, 9.17) is 5.41 Å². The van der Waals surface area contributed by atoms with Crippen LogP contribution in [0.3, 0.4) is 0 Å². The summed E-state index contributed by atoms with van der Waals surface area (Å²) in [6.45, 7) is 2.53. The first-order chi connectivity index (χ1) is 13.6. The zero-order chi connectivity index (χ0) is 21.6. The largest absolute Gasteiger partial charge is 0.481 e. The van der Waals surface area contributed by atoms with Crippen LogP contribution in [0.1, 0.15) is 19.9 Å². The molecule has 0 radical (unpaired) electrons. The van der Waals surface area contributed by atoms with Crippen LogP contribution in [0.5, 0.6) is 0 Å². The van der Waals surface area contributed by atoms with Crippen LogP contribution in [0.2, 0.25) is 0 Å². The summed E-state index contributed by atoms with van der Waals surface area (Å²) in [5.74, 6) is -0.853. The molecule has 1 amide bonds. The van der Waals surface area contributed by atoms with Gasteiger partial charge in [-0.15, -0.1) is 10.2 Å². The summed E-state index contributed by atoms with van der Waals surface area (Å²) < 4.78 is 43.4. The van der Waals surface area contributed by atoms with Crippen molar-refractivity contribution in [3.05, 3.63) is 36.3 Å². The molecule has 156 valence electrons. The molecule has 0 aliphatic rings. The minimum atomic E-state index is -4.48. The second-order valence-corrected chi connectivity index (χ2v) is 6.11. The number of amides is 1. The Morgan fingerprint density at radius 1 is 1.38 bits per heavy atom. The topological polar surface area (TPSA) is 118 Å². The first kappa shape index (κ1) is 21.9. The van der Waals surface area contributed by atoms with Crippen molar-refractivity contribution in [1.29, 1.82) is 5.41 Å². The number of nitrogens with one attached hydrogen (secondary N) is 3. The number of aromatic nitrogens is 4. The Balaban J connectivity index is 2.22. The maximum Gasteiger partial charge on any atom is 0.405 e. The van der Waals surface area contributed by atoms with Gasteiger partial charge in [0.1, 0.15) is 30.0 Å². The molecule has 0 atom stereocenters. The maximum atomic E-state index is 12.4. The highest BCUT2D eigenvalue weighted by molar-refractivity contribution is 6.21. The molecular formula is C17H20F3N7O2. The van der Waals surface area contributed by atoms with E-state index in [0.29, 0.717) is 11.5 Å². The highest BCUT2D eigenvalue weighted by atomic mass is 19.4. The zero-order valence-electron chi connectivity index (χ0n) is 15.9. The van der Waals surface area contributed by atoms with Crippen LogP contribution >= 0.6 is 0 Å². The molecule has 0 saturated heterocycles. The third kappa shape index (κ3) is 6.02. The number of nitrogens with zero attached hydrogens (tertiary/aromatic N) is 4. The Morgan fingerprint density at radius 3 is 2.72 bits per heavy atom. The number of alkyl halides is 3. The number of carbonyl (C=O) groups excluding carboxylic acids is 1. The molecule has 0 aliphatic carbocycles. The van der Waals surface area contributed by atoms with Crippen LogP contribution in [0.25, 0.3) is 11.5 Å². The summed E-state index contributed by atoms with van der Waals surface area (Å²) in [5.41, 5.74) is 0.0193. The first-order valence-electron chi connectivity index (χ1n) is 8.44. The molecule has 2 heterocycles. The fourth-order valence-corrected chi connectivity index (χ4v) is 2.23. The normalized spacial score (nSPS) is 12.0. The highest BCUT2D eigenvalue weighted by Crippen LogP contribution is 2.20. The van der Waals surface area contributed by atoms with Gasteiger partial charge in [0.15, 0.2) is 5.82 Å². The number of hydrogen-bond donors (Lipinski definition) is 3. The van der Waals surface area contributed by atoms with E-state index in [-0.39, 0.29) is 11.9 Å². The molecule has 0 saturated carbocycles. The van der Waals surface area contributed by atoms with Gasteiger partial charge in [-0.05, 0) is 26.0 Å². The molecule has 0 aromatic carbocycles. The summed E-state index contributed by atoms with van der Waals surface area (Å²) in [6.07, 6.45) is -2.15. The molecule has 0 unspecified atom stereocenters. The van der Waals surface area contributed by atoms with Gasteiger partial charge in [-0.25, -0.2) is 4.98 Å². The van der Waals surface area contributed by atoms with Gasteiger partial charge in [0.2, 0.25) is 5.90 Å². The van der Waals surface area contributed by atoms with E-state index in [9.17, 15) is 18.0 Å². The first-order valence-corrected chi connectivity index (χ1v) is 8.44. The van der Waals surface area contributed by atoms with Gasteiger partial charge in [-0.2, -0.15) is 13.2 Å². The molecule has 2 rings (SSSR count). The lowest BCUT2D eigenvalue weighted by molar-refractivity contribution is -0.123. The van der Waals surface area contributed by atoms with E-state index in [1.165, 1.54) is 6.07 Å². The van der Waals surface area contributed by atoms with Gasteiger partial charge in [0.05, 0.1) is 7.11 Å². The van der Waals surface area contributed by atoms with E-state index in [2.05, 4.69) is 25.2 Å². The quantitative estimate of drug-likeness (QED) is 0.366. The Morgan fingerprint density at radius 2 is 2.10 bits per heavy atom. The van der Waals surface area contributed by atoms with E-state index in [1.54, 1.807) is 23.0 Å². The van der Waals surface area contributed by atoms with Gasteiger partial charge in [0.25, 0.3) is 5.91 Å². The van der Waals surface area contributed by atoms with Crippen LogP contribution in [0.4, 0.5) is 19.0 Å². The number of rotatable bonds is 7. The van der Waals surface area contributed by atoms with Crippen molar-refractivity contribution >= 4 is 17.6 Å². The van der Waals surface area contributed by atoms with E-state index >= 15 is 0 Å². The lowest BCUT2D eigenvalue weighted by atomic mass is 10.2. The van der Waals surface area contributed by atoms with Crippen LogP contribution < -0.4 is 10.6 Å². The van der Waals surface area contributed by atoms with Crippen LogP contribution in [0, 0.1) is 5.41 Å². The monoisotopic (exact) mass is 411 g/mol. The molecule has 12 heteroatoms. The van der Waals surface area contributed by atoms with E-state index in [0.717, 1.165) is 13.3 Å². The van der Waals surface area contributed by atoms with Crippen molar-refractivity contribution < 1.29 is 22.7 Å². The molecule has 2 aromatic heterocycles. The molecule has 0 spiro atoms. The number of ether oxygens (including phenoxy) is 1. The fraction of sp³-hybridized carbons (Fsp3) is 0.353. The van der Waals surface area contributed by atoms with Crippen LogP contribution in [0.15, 0.2) is 36.3 Å². The molecule has 3 N–H and O–H groups in total. The van der Waals surface area contributed by atoms with E-state index < -0.39 is 30.1 Å². The highest BCUT2D eigenvalue weighted by Gasteiger charge is 2.26. The predicted molar refractivity (Wildman–Crippen MR) is 99.1 cm³/mol. The molecule has 0 aliphatic heterocycles. The number of hydrogen-bond acceptors (Lipinski definition) is 7. The van der Waals surface area contributed by atoms with Gasteiger partial charge < -0.3 is 19.9 Å². The third-order valence-corrected chi connectivity index (χ3v) is 3.59. The van der Waals surface area contributed by atoms with Crippen LogP contribution in [-0.2, 0) is 9.53 Å². The lowest BCUT2D eigenvalue weighted by Crippen LogP contribution is -2.28. The van der Waals surface area contributed by atoms with Crippen LogP contribution in [-0.4, -0.2) is 51.4 Å². The zero-order valence-corrected chi connectivity index (χ0v) is 15.9. The van der Waals surface area contributed by atoms with Crippen molar-refractivity contribution in [2.24, 2.45) is 0 Å². The average Bonchev–Trinajstić information content (AvgIpc) is 3.14. The van der Waals surface area contributed by atoms with Crippen molar-refractivity contribution in [1.82, 2.24) is 25.1 Å². The van der Waals surface area contributed by atoms with Gasteiger partial charge in [-0.1, -0.05) is 6.07 Å². The van der Waals surface area contributed by atoms with Gasteiger partial charge in [-0.3, -0.25) is 10.2 Å². The number of anilines is 1. The molecule has 2 aromatic rings. The smallest absolute Gasteiger partial charge is 0.405 e. The molecule has 29 heavy (non-hydrogen) atoms. The molecule has 0 fully saturated rings. The van der Waals surface area contributed by atoms with E-state index in [1.807, 2.05) is 19.2 Å². The summed E-state index contributed by atoms with van der Waals surface area (Å²) in [7, 11) is 1.13. The number of pyridine rings is 1. The number of halogens is 3. The minimum absolute atomic E-state index is 0.0801. The molecule has 9 nitrogen and oxygen atoms in total. The molecular weight excluding hydrogens is 391 g/mol. The number of carbonyl (C=O) groups is 1. The van der Waals surface area contributed by atoms with Gasteiger partial charge in [0, 0.05) is 12.2 Å². The number of methoxy groups -OCH3 is 1. The van der Waals surface area contributed by atoms with Crippen molar-refractivity contribution in [3.63, 3.8) is 0 Å². The summed E-state index contributed by atoms with van der Waals surface area (Å²) in [6, 6.07) is 4.88.